The zero-order valence-electron chi connectivity index (χ0n) is 16.6. The van der Waals surface area contributed by atoms with Crippen molar-refractivity contribution in [1.82, 2.24) is 10.2 Å². The smallest absolute Gasteiger partial charge is 0.217 e. The van der Waals surface area contributed by atoms with Gasteiger partial charge in [0.05, 0.1) is 18.4 Å². The van der Waals surface area contributed by atoms with E-state index in [9.17, 15) is 4.79 Å². The van der Waals surface area contributed by atoms with E-state index in [-0.39, 0.29) is 18.1 Å². The van der Waals surface area contributed by atoms with Crippen LogP contribution in [0.1, 0.15) is 38.2 Å². The fourth-order valence-electron chi connectivity index (χ4n) is 5.15. The molecule has 1 aliphatic heterocycles. The lowest BCUT2D eigenvalue weighted by Gasteiger charge is -2.38. The lowest BCUT2D eigenvalue weighted by molar-refractivity contribution is -0.122. The van der Waals surface area contributed by atoms with Gasteiger partial charge in [-0.05, 0) is 67.2 Å². The van der Waals surface area contributed by atoms with Crippen LogP contribution in [0.15, 0.2) is 34.9 Å². The fourth-order valence-corrected chi connectivity index (χ4v) is 5.15. The van der Waals surface area contributed by atoms with E-state index in [1.807, 2.05) is 6.07 Å². The molecule has 150 valence electrons. The number of amides is 1. The Balaban J connectivity index is 1.23. The zero-order chi connectivity index (χ0) is 19.1. The summed E-state index contributed by atoms with van der Waals surface area (Å²) in [6, 6.07) is 8.68. The summed E-state index contributed by atoms with van der Waals surface area (Å²) in [5, 5.41) is 4.35. The van der Waals surface area contributed by atoms with Crippen molar-refractivity contribution in [2.75, 3.05) is 19.7 Å². The molecule has 1 N–H and O–H groups in total. The van der Waals surface area contributed by atoms with Crippen LogP contribution in [0.25, 0.3) is 11.0 Å². The first kappa shape index (κ1) is 18.2. The van der Waals surface area contributed by atoms with Gasteiger partial charge in [-0.1, -0.05) is 6.07 Å². The molecule has 3 fully saturated rings. The van der Waals surface area contributed by atoms with Crippen LogP contribution in [0.5, 0.6) is 0 Å². The first-order valence-corrected chi connectivity index (χ1v) is 10.7. The number of fused-ring (bicyclic) bond motifs is 2. The molecule has 1 aromatic heterocycles. The summed E-state index contributed by atoms with van der Waals surface area (Å²) in [6.45, 7) is 5.71. The maximum absolute atomic E-state index is 11.7. The number of rotatable bonds is 6. The third kappa shape index (κ3) is 3.96. The molecule has 1 amide bonds. The second kappa shape index (κ2) is 7.53. The first-order valence-electron chi connectivity index (χ1n) is 10.7. The van der Waals surface area contributed by atoms with Crippen molar-refractivity contribution >= 4 is 16.9 Å². The molecule has 1 saturated heterocycles. The lowest BCUT2D eigenvalue weighted by Crippen LogP contribution is -2.50. The summed E-state index contributed by atoms with van der Waals surface area (Å²) in [4.78, 5) is 14.3. The SMILES string of the molecule is CC(=O)N[C@@H]1C[C@@H]2CN(Cc3ccc4occc4c3)C[C@@H]2C[C@H]1OCC1CC1. The number of hydrogen-bond donors (Lipinski definition) is 1. The molecule has 5 rings (SSSR count). The summed E-state index contributed by atoms with van der Waals surface area (Å²) in [6.07, 6.45) is 6.64. The Morgan fingerprint density at radius 2 is 2.04 bits per heavy atom. The number of nitrogens with zero attached hydrogens (tertiary/aromatic N) is 1. The maximum Gasteiger partial charge on any atom is 0.217 e. The average Bonchev–Trinajstić information content (AvgIpc) is 3.23. The van der Waals surface area contributed by atoms with E-state index >= 15 is 0 Å². The third-order valence-corrected chi connectivity index (χ3v) is 6.75. The Morgan fingerprint density at radius 3 is 2.82 bits per heavy atom. The Bertz CT molecular complexity index is 843. The van der Waals surface area contributed by atoms with E-state index in [4.69, 9.17) is 9.15 Å². The predicted octanol–water partition coefficient (Wildman–Crippen LogP) is 3.57. The van der Waals surface area contributed by atoms with Gasteiger partial charge in [-0.15, -0.1) is 0 Å². The molecule has 0 spiro atoms. The van der Waals surface area contributed by atoms with Gasteiger partial charge in [-0.25, -0.2) is 0 Å². The monoisotopic (exact) mass is 382 g/mol. The number of likely N-dealkylation sites (tertiary alicyclic amines) is 1. The highest BCUT2D eigenvalue weighted by molar-refractivity contribution is 5.77. The first-order chi connectivity index (χ1) is 13.6. The molecule has 0 radical (unpaired) electrons. The van der Waals surface area contributed by atoms with Gasteiger partial charge in [0.25, 0.3) is 0 Å². The zero-order valence-corrected chi connectivity index (χ0v) is 16.6. The van der Waals surface area contributed by atoms with Gasteiger partial charge in [0, 0.05) is 38.6 Å². The van der Waals surface area contributed by atoms with Crippen LogP contribution in [-0.2, 0) is 16.1 Å². The van der Waals surface area contributed by atoms with E-state index < -0.39 is 0 Å². The second-order valence-electron chi connectivity index (χ2n) is 9.10. The van der Waals surface area contributed by atoms with Crippen molar-refractivity contribution in [2.45, 2.75) is 51.3 Å². The molecule has 5 nitrogen and oxygen atoms in total. The molecule has 3 aliphatic rings. The summed E-state index contributed by atoms with van der Waals surface area (Å²) in [7, 11) is 0. The Morgan fingerprint density at radius 1 is 1.21 bits per heavy atom. The van der Waals surface area contributed by atoms with Gasteiger partial charge in [-0.3, -0.25) is 9.69 Å². The summed E-state index contributed by atoms with van der Waals surface area (Å²) in [5.74, 6) is 2.14. The van der Waals surface area contributed by atoms with Crippen LogP contribution in [0, 0.1) is 17.8 Å². The molecular formula is C23H30N2O3. The molecular weight excluding hydrogens is 352 g/mol. The van der Waals surface area contributed by atoms with Crippen LogP contribution in [0.2, 0.25) is 0 Å². The topological polar surface area (TPSA) is 54.7 Å². The molecule has 0 unspecified atom stereocenters. The quantitative estimate of drug-likeness (QED) is 0.830. The minimum Gasteiger partial charge on any atom is -0.464 e. The number of hydrogen-bond acceptors (Lipinski definition) is 4. The van der Waals surface area contributed by atoms with E-state index in [1.54, 1.807) is 13.2 Å². The Labute approximate surface area is 166 Å². The largest absolute Gasteiger partial charge is 0.464 e. The molecule has 2 heterocycles. The minimum absolute atomic E-state index is 0.0618. The Kier molecular flexibility index (Phi) is 4.89. The van der Waals surface area contributed by atoms with Crippen molar-refractivity contribution in [1.29, 1.82) is 0 Å². The summed E-state index contributed by atoms with van der Waals surface area (Å²) in [5.41, 5.74) is 2.29. The van der Waals surface area contributed by atoms with Gasteiger partial charge < -0.3 is 14.5 Å². The standard InChI is InChI=1S/C23H30N2O3/c1-15(26)24-21-9-19-12-25(11-17-4-5-22-18(8-17)6-7-27-22)13-20(19)10-23(21)28-14-16-2-3-16/h4-8,16,19-21,23H,2-3,9-14H2,1H3,(H,24,26)/t19-,20+,21-,23-/m1/s1. The number of carbonyl (C=O) groups is 1. The molecule has 4 atom stereocenters. The Hall–Kier alpha value is -1.85. The number of nitrogens with one attached hydrogen (secondary N) is 1. The average molecular weight is 383 g/mol. The van der Waals surface area contributed by atoms with Crippen LogP contribution in [-0.4, -0.2) is 42.6 Å². The lowest BCUT2D eigenvalue weighted by atomic mass is 9.77. The van der Waals surface area contributed by atoms with E-state index in [0.29, 0.717) is 11.8 Å². The molecule has 28 heavy (non-hydrogen) atoms. The van der Waals surface area contributed by atoms with Gasteiger partial charge in [0.1, 0.15) is 5.58 Å². The molecule has 2 aliphatic carbocycles. The molecule has 0 bridgehead atoms. The summed E-state index contributed by atoms with van der Waals surface area (Å²) < 4.78 is 11.7. The molecule has 5 heteroatoms. The summed E-state index contributed by atoms with van der Waals surface area (Å²) >= 11 is 0. The fraction of sp³-hybridized carbons (Fsp3) is 0.609. The van der Waals surface area contributed by atoms with E-state index in [0.717, 1.165) is 50.6 Å². The van der Waals surface area contributed by atoms with Gasteiger partial charge in [0.2, 0.25) is 5.91 Å². The number of carbonyl (C=O) groups excluding carboxylic acids is 1. The predicted molar refractivity (Wildman–Crippen MR) is 108 cm³/mol. The van der Waals surface area contributed by atoms with Crippen molar-refractivity contribution in [3.63, 3.8) is 0 Å². The van der Waals surface area contributed by atoms with Crippen LogP contribution in [0.4, 0.5) is 0 Å². The van der Waals surface area contributed by atoms with Crippen LogP contribution in [0.3, 0.4) is 0 Å². The van der Waals surface area contributed by atoms with Crippen molar-refractivity contribution < 1.29 is 13.9 Å². The van der Waals surface area contributed by atoms with Gasteiger partial charge in [0.15, 0.2) is 0 Å². The van der Waals surface area contributed by atoms with E-state index in [1.165, 1.54) is 23.8 Å². The second-order valence-corrected chi connectivity index (χ2v) is 9.10. The highest BCUT2D eigenvalue weighted by Crippen LogP contribution is 2.39. The minimum atomic E-state index is 0.0618. The van der Waals surface area contributed by atoms with Crippen LogP contribution >= 0.6 is 0 Å². The number of benzene rings is 1. The maximum atomic E-state index is 11.7. The third-order valence-electron chi connectivity index (χ3n) is 6.75. The van der Waals surface area contributed by atoms with Crippen LogP contribution < -0.4 is 5.32 Å². The molecule has 2 aromatic rings. The molecule has 2 saturated carbocycles. The highest BCUT2D eigenvalue weighted by atomic mass is 16.5. The van der Waals surface area contributed by atoms with Crippen molar-refractivity contribution in [2.24, 2.45) is 17.8 Å². The highest BCUT2D eigenvalue weighted by Gasteiger charge is 2.43. The normalized spacial score (nSPS) is 30.5. The van der Waals surface area contributed by atoms with E-state index in [2.05, 4.69) is 28.4 Å². The number of furan rings is 1. The van der Waals surface area contributed by atoms with Crippen molar-refractivity contribution in [3.8, 4) is 0 Å². The van der Waals surface area contributed by atoms with Crippen molar-refractivity contribution in [3.05, 3.63) is 36.1 Å². The van der Waals surface area contributed by atoms with Gasteiger partial charge in [-0.2, -0.15) is 0 Å². The molecule has 1 aromatic carbocycles. The van der Waals surface area contributed by atoms with Gasteiger partial charge >= 0.3 is 0 Å². The number of ether oxygens (including phenoxy) is 1.